The Balaban J connectivity index is 1.47. The van der Waals surface area contributed by atoms with Crippen LogP contribution in [0.5, 0.6) is 11.5 Å². The number of hydrogen-bond acceptors (Lipinski definition) is 5. The molecule has 0 spiro atoms. The highest BCUT2D eigenvalue weighted by atomic mass is 32.2. The smallest absolute Gasteiger partial charge is 0.416 e. The first-order chi connectivity index (χ1) is 18.1. The van der Waals surface area contributed by atoms with Crippen LogP contribution in [0.4, 0.5) is 35.1 Å². The molecule has 1 unspecified atom stereocenters. The Kier molecular flexibility index (Phi) is 6.99. The van der Waals surface area contributed by atoms with Crippen LogP contribution in [0.1, 0.15) is 29.0 Å². The highest BCUT2D eigenvalue weighted by Crippen LogP contribution is 2.45. The maximum atomic E-state index is 13.9. The highest BCUT2D eigenvalue weighted by Gasteiger charge is 2.34. The van der Waals surface area contributed by atoms with E-state index in [1.807, 2.05) is 0 Å². The van der Waals surface area contributed by atoms with E-state index in [1.54, 1.807) is 11.4 Å². The third-order valence-electron chi connectivity index (χ3n) is 5.83. The molecule has 13 heteroatoms. The van der Waals surface area contributed by atoms with Crippen molar-refractivity contribution in [2.24, 2.45) is 0 Å². The van der Waals surface area contributed by atoms with Crippen LogP contribution in [0.25, 0.3) is 10.6 Å². The second-order valence-corrected chi connectivity index (χ2v) is 9.79. The van der Waals surface area contributed by atoms with E-state index in [-0.39, 0.29) is 17.4 Å². The number of hydrogen-bond donors (Lipinski definition) is 0. The molecule has 0 amide bonds. The molecule has 0 fully saturated rings. The van der Waals surface area contributed by atoms with Gasteiger partial charge < -0.3 is 8.92 Å². The minimum atomic E-state index is -4.54. The predicted molar refractivity (Wildman–Crippen MR) is 124 cm³/mol. The zero-order chi connectivity index (χ0) is 27.2. The lowest BCUT2D eigenvalue weighted by Crippen LogP contribution is -2.16. The fourth-order valence-electron chi connectivity index (χ4n) is 4.07. The molecule has 38 heavy (non-hydrogen) atoms. The summed E-state index contributed by atoms with van der Waals surface area (Å²) in [5, 5.41) is 2.08. The summed E-state index contributed by atoms with van der Waals surface area (Å²) in [6.45, 7) is 0.211. The van der Waals surface area contributed by atoms with Gasteiger partial charge in [-0.25, -0.2) is 18.2 Å². The molecule has 0 saturated carbocycles. The van der Waals surface area contributed by atoms with Crippen LogP contribution >= 0.6 is 23.4 Å². The molecule has 2 heterocycles. The summed E-state index contributed by atoms with van der Waals surface area (Å²) < 4.78 is 119. The van der Waals surface area contributed by atoms with Gasteiger partial charge in [0.25, 0.3) is 0 Å². The van der Waals surface area contributed by atoms with Crippen molar-refractivity contribution >= 4 is 23.4 Å². The normalized spacial score (nSPS) is 15.2. The molecule has 0 aliphatic carbocycles. The highest BCUT2D eigenvalue weighted by molar-refractivity contribution is 7.95. The molecule has 1 atom stereocenters. The summed E-state index contributed by atoms with van der Waals surface area (Å²) in [5.41, 5.74) is 0.765. The van der Waals surface area contributed by atoms with Crippen LogP contribution in [-0.2, 0) is 6.18 Å². The van der Waals surface area contributed by atoms with Crippen LogP contribution in [-0.4, -0.2) is 11.6 Å². The summed E-state index contributed by atoms with van der Waals surface area (Å²) in [4.78, 5) is 4.41. The van der Waals surface area contributed by atoms with Gasteiger partial charge in [0.05, 0.1) is 29.1 Å². The van der Waals surface area contributed by atoms with Gasteiger partial charge in [-0.05, 0) is 36.2 Å². The van der Waals surface area contributed by atoms with Gasteiger partial charge in [-0.1, -0.05) is 12.1 Å². The molecule has 3 nitrogen and oxygen atoms in total. The molecule has 0 radical (unpaired) electrons. The quantitative estimate of drug-likeness (QED) is 0.103. The Bertz CT molecular complexity index is 1480. The second kappa shape index (κ2) is 10.1. The zero-order valence-electron chi connectivity index (χ0n) is 18.7. The van der Waals surface area contributed by atoms with Gasteiger partial charge in [-0.15, -0.1) is 11.3 Å². The van der Waals surface area contributed by atoms with Crippen LogP contribution in [0.3, 0.4) is 0 Å². The summed E-state index contributed by atoms with van der Waals surface area (Å²) in [6.07, 6.45) is -2.60. The fraction of sp³-hybridized carbons (Fsp3) is 0.160. The molecule has 0 bridgehead atoms. The van der Waals surface area contributed by atoms with Crippen molar-refractivity contribution in [2.75, 3.05) is 6.61 Å². The van der Waals surface area contributed by atoms with Crippen molar-refractivity contribution in [3.05, 3.63) is 93.8 Å². The molecule has 5 rings (SSSR count). The number of benzene rings is 3. The molecule has 0 N–H and O–H groups in total. The summed E-state index contributed by atoms with van der Waals surface area (Å²) in [7, 11) is 0. The lowest BCUT2D eigenvalue weighted by Gasteiger charge is -2.28. The number of halogens is 8. The Labute approximate surface area is 218 Å². The van der Waals surface area contributed by atoms with Crippen LogP contribution in [0, 0.1) is 29.1 Å². The largest absolute Gasteiger partial charge is 0.493 e. The molecular formula is C25H13F8NO2S2. The average molecular weight is 576 g/mol. The van der Waals surface area contributed by atoms with Crippen molar-refractivity contribution in [3.8, 4) is 22.1 Å². The van der Waals surface area contributed by atoms with Crippen molar-refractivity contribution in [1.82, 2.24) is 4.98 Å². The number of aromatic nitrogens is 1. The number of thiazole rings is 1. The van der Waals surface area contributed by atoms with Gasteiger partial charge in [-0.3, -0.25) is 0 Å². The maximum absolute atomic E-state index is 13.9. The number of fused-ring (bicyclic) bond motifs is 1. The first-order valence-corrected chi connectivity index (χ1v) is 12.4. The number of alkyl halides is 3. The maximum Gasteiger partial charge on any atom is 0.416 e. The number of ether oxygens (including phenoxy) is 1. The van der Waals surface area contributed by atoms with Gasteiger partial charge >= 0.3 is 6.18 Å². The average Bonchev–Trinajstić information content (AvgIpc) is 3.44. The van der Waals surface area contributed by atoms with E-state index in [0.717, 1.165) is 12.1 Å². The summed E-state index contributed by atoms with van der Waals surface area (Å²) in [6, 6.07) is 8.01. The van der Waals surface area contributed by atoms with Gasteiger partial charge in [-0.2, -0.15) is 22.0 Å². The molecular weight excluding hydrogens is 562 g/mol. The second-order valence-electron chi connectivity index (χ2n) is 8.09. The lowest BCUT2D eigenvalue weighted by molar-refractivity contribution is -0.137. The molecule has 198 valence electrons. The van der Waals surface area contributed by atoms with Crippen molar-refractivity contribution in [1.29, 1.82) is 0 Å². The van der Waals surface area contributed by atoms with Crippen LogP contribution in [0.15, 0.2) is 52.9 Å². The molecule has 4 aromatic rings. The molecule has 1 aromatic heterocycles. The lowest BCUT2D eigenvalue weighted by atomic mass is 9.83. The molecule has 1 aliphatic heterocycles. The number of nitrogens with zero attached hydrogens (tertiary/aromatic N) is 1. The SMILES string of the molecule is Fc1c(F)c(F)c(OSc2ccc3c(c2)OCCC3c2ccc(C(F)(F)F)cc2-c2nccs2)c(F)c1F. The van der Waals surface area contributed by atoms with E-state index >= 15 is 0 Å². The van der Waals surface area contributed by atoms with Crippen LogP contribution in [0.2, 0.25) is 0 Å². The third kappa shape index (κ3) is 4.80. The van der Waals surface area contributed by atoms with E-state index in [0.29, 0.717) is 45.9 Å². The van der Waals surface area contributed by atoms with Crippen molar-refractivity contribution < 1.29 is 44.0 Å². The molecule has 0 saturated heterocycles. The van der Waals surface area contributed by atoms with Gasteiger partial charge in [0.15, 0.2) is 0 Å². The van der Waals surface area contributed by atoms with Crippen LogP contribution < -0.4 is 8.92 Å². The fourth-order valence-corrected chi connectivity index (χ4v) is 5.35. The minimum Gasteiger partial charge on any atom is -0.493 e. The molecule has 1 aliphatic rings. The van der Waals surface area contributed by atoms with Gasteiger partial charge in [0, 0.05) is 28.6 Å². The van der Waals surface area contributed by atoms with Crippen molar-refractivity contribution in [2.45, 2.75) is 23.4 Å². The van der Waals surface area contributed by atoms with Gasteiger partial charge in [0.2, 0.25) is 34.8 Å². The zero-order valence-corrected chi connectivity index (χ0v) is 20.3. The van der Waals surface area contributed by atoms with Gasteiger partial charge in [0.1, 0.15) is 10.8 Å². The standard InChI is InChI=1S/C25H13F8NO2S2/c26-18-19(27)21(29)23(22(30)20(18)28)36-38-12-2-4-15-14(5-7-35-17(15)10-12)13-3-1-11(25(31,32)33)9-16(13)24-34-6-8-37-24/h1-4,6,8-10,14H,5,7H2. The topological polar surface area (TPSA) is 31.4 Å². The monoisotopic (exact) mass is 575 g/mol. The van der Waals surface area contributed by atoms with E-state index < -0.39 is 46.6 Å². The van der Waals surface area contributed by atoms with E-state index in [9.17, 15) is 35.1 Å². The first kappa shape index (κ1) is 26.3. The summed E-state index contributed by atoms with van der Waals surface area (Å²) >= 11 is 1.55. The first-order valence-electron chi connectivity index (χ1n) is 10.8. The Morgan fingerprint density at radius 1 is 0.895 bits per heavy atom. The summed E-state index contributed by atoms with van der Waals surface area (Å²) in [5.74, 6) is -12.3. The third-order valence-corrected chi connectivity index (χ3v) is 7.34. The van der Waals surface area contributed by atoms with E-state index in [4.69, 9.17) is 8.92 Å². The number of rotatable bonds is 5. The Morgan fingerprint density at radius 3 is 2.24 bits per heavy atom. The van der Waals surface area contributed by atoms with Crippen molar-refractivity contribution in [3.63, 3.8) is 0 Å². The van der Waals surface area contributed by atoms with E-state index in [1.165, 1.54) is 35.7 Å². The molecule has 3 aromatic carbocycles. The minimum absolute atomic E-state index is 0.211. The Hall–Kier alpha value is -3.32. The Morgan fingerprint density at radius 2 is 1.58 bits per heavy atom. The predicted octanol–water partition coefficient (Wildman–Crippen LogP) is 8.52. The van der Waals surface area contributed by atoms with E-state index in [2.05, 4.69) is 4.98 Å².